The summed E-state index contributed by atoms with van der Waals surface area (Å²) < 4.78 is 13.4. The van der Waals surface area contributed by atoms with E-state index in [2.05, 4.69) is 15.5 Å². The third-order valence-corrected chi connectivity index (χ3v) is 5.28. The molecule has 2 unspecified atom stereocenters. The summed E-state index contributed by atoms with van der Waals surface area (Å²) in [7, 11) is 0. The Labute approximate surface area is 172 Å². The van der Waals surface area contributed by atoms with Crippen molar-refractivity contribution in [3.63, 3.8) is 0 Å². The number of pyridine rings is 1. The van der Waals surface area contributed by atoms with Crippen LogP contribution in [0, 0.1) is 11.7 Å². The van der Waals surface area contributed by atoms with Crippen molar-refractivity contribution in [3.8, 4) is 0 Å². The zero-order chi connectivity index (χ0) is 21.1. The molecule has 2 amide bonds. The number of hydrogen-bond acceptors (Lipinski definition) is 6. The minimum absolute atomic E-state index is 0.174. The molecule has 3 N–H and O–H groups in total. The van der Waals surface area contributed by atoms with E-state index in [1.54, 1.807) is 30.5 Å². The van der Waals surface area contributed by atoms with Crippen molar-refractivity contribution in [2.75, 3.05) is 23.3 Å². The maximum Gasteiger partial charge on any atom is 0.268 e. The van der Waals surface area contributed by atoms with E-state index in [0.717, 1.165) is 25.2 Å². The van der Waals surface area contributed by atoms with Crippen LogP contribution in [-0.2, 0) is 14.4 Å². The molecule has 0 bridgehead atoms. The van der Waals surface area contributed by atoms with E-state index in [-0.39, 0.29) is 30.0 Å². The SMILES string of the molecule is NC(=O)C1CCCN(c2ccc(NC(=O)C3CC(c4cccc(F)c4)=NO3)cn2)C1. The van der Waals surface area contributed by atoms with Gasteiger partial charge in [0.15, 0.2) is 0 Å². The zero-order valence-corrected chi connectivity index (χ0v) is 16.3. The highest BCUT2D eigenvalue weighted by molar-refractivity contribution is 6.06. The van der Waals surface area contributed by atoms with Crippen LogP contribution < -0.4 is 16.0 Å². The number of benzene rings is 1. The Balaban J connectivity index is 1.34. The van der Waals surface area contributed by atoms with Crippen LogP contribution in [0.1, 0.15) is 24.8 Å². The topological polar surface area (TPSA) is 110 Å². The number of hydrogen-bond donors (Lipinski definition) is 2. The molecule has 1 aromatic heterocycles. The van der Waals surface area contributed by atoms with E-state index in [9.17, 15) is 14.0 Å². The zero-order valence-electron chi connectivity index (χ0n) is 16.3. The number of primary amides is 1. The van der Waals surface area contributed by atoms with E-state index in [4.69, 9.17) is 10.6 Å². The Morgan fingerprint density at radius 1 is 1.27 bits per heavy atom. The highest BCUT2D eigenvalue weighted by Gasteiger charge is 2.29. The number of anilines is 2. The lowest BCUT2D eigenvalue weighted by Gasteiger charge is -2.32. The maximum atomic E-state index is 13.4. The van der Waals surface area contributed by atoms with Gasteiger partial charge in [0.2, 0.25) is 12.0 Å². The van der Waals surface area contributed by atoms with Crippen LogP contribution in [0.4, 0.5) is 15.9 Å². The molecule has 0 radical (unpaired) electrons. The van der Waals surface area contributed by atoms with Gasteiger partial charge in [-0.2, -0.15) is 0 Å². The van der Waals surface area contributed by atoms with Gasteiger partial charge < -0.3 is 20.8 Å². The van der Waals surface area contributed by atoms with Gasteiger partial charge in [-0.25, -0.2) is 9.37 Å². The third kappa shape index (κ3) is 4.40. The molecule has 9 heteroatoms. The Bertz CT molecular complexity index is 979. The molecule has 1 fully saturated rings. The number of nitrogens with two attached hydrogens (primary N) is 1. The Hall–Kier alpha value is -3.49. The van der Waals surface area contributed by atoms with Crippen LogP contribution in [-0.4, -0.2) is 41.7 Å². The normalized spacial score (nSPS) is 21.0. The van der Waals surface area contributed by atoms with Crippen LogP contribution in [0.3, 0.4) is 0 Å². The first kappa shape index (κ1) is 19.8. The van der Waals surface area contributed by atoms with Gasteiger partial charge >= 0.3 is 0 Å². The van der Waals surface area contributed by atoms with E-state index >= 15 is 0 Å². The summed E-state index contributed by atoms with van der Waals surface area (Å²) in [6.07, 6.45) is 2.69. The smallest absolute Gasteiger partial charge is 0.268 e. The number of halogens is 1. The van der Waals surface area contributed by atoms with E-state index in [1.165, 1.54) is 12.1 Å². The highest BCUT2D eigenvalue weighted by atomic mass is 19.1. The molecule has 0 spiro atoms. The second-order valence-electron chi connectivity index (χ2n) is 7.43. The van der Waals surface area contributed by atoms with Crippen molar-refractivity contribution in [2.45, 2.75) is 25.4 Å². The summed E-state index contributed by atoms with van der Waals surface area (Å²) in [6, 6.07) is 9.55. The molecule has 2 aliphatic rings. The standard InChI is InChI=1S/C21H22FN5O3/c22-15-5-1-3-13(9-15)17-10-18(30-26-17)21(29)25-16-6-7-19(24-11-16)27-8-2-4-14(12-27)20(23)28/h1,3,5-7,9,11,14,18H,2,4,8,10,12H2,(H2,23,28)(H,25,29). The number of piperidine rings is 1. The molecule has 1 saturated heterocycles. The highest BCUT2D eigenvalue weighted by Crippen LogP contribution is 2.23. The fourth-order valence-corrected chi connectivity index (χ4v) is 3.64. The Morgan fingerprint density at radius 3 is 2.87 bits per heavy atom. The van der Waals surface area contributed by atoms with Gasteiger partial charge in [0.05, 0.1) is 23.5 Å². The maximum absolute atomic E-state index is 13.4. The Kier molecular flexibility index (Phi) is 5.60. The second kappa shape index (κ2) is 8.48. The van der Waals surface area contributed by atoms with Crippen LogP contribution in [0.2, 0.25) is 0 Å². The molecule has 0 aliphatic carbocycles. The monoisotopic (exact) mass is 411 g/mol. The number of amides is 2. The summed E-state index contributed by atoms with van der Waals surface area (Å²) in [5.41, 5.74) is 7.07. The summed E-state index contributed by atoms with van der Waals surface area (Å²) in [4.78, 5) is 35.6. The minimum Gasteiger partial charge on any atom is -0.382 e. The quantitative estimate of drug-likeness (QED) is 0.783. The first-order valence-corrected chi connectivity index (χ1v) is 9.79. The fraction of sp³-hybridized carbons (Fsp3) is 0.333. The van der Waals surface area contributed by atoms with E-state index in [0.29, 0.717) is 23.5 Å². The molecule has 1 aromatic carbocycles. The number of nitrogens with zero attached hydrogens (tertiary/aromatic N) is 3. The second-order valence-corrected chi connectivity index (χ2v) is 7.43. The average Bonchev–Trinajstić information content (AvgIpc) is 3.25. The number of aromatic nitrogens is 1. The fourth-order valence-electron chi connectivity index (χ4n) is 3.64. The van der Waals surface area contributed by atoms with Gasteiger partial charge in [-0.15, -0.1) is 0 Å². The summed E-state index contributed by atoms with van der Waals surface area (Å²) in [6.45, 7) is 1.35. The van der Waals surface area contributed by atoms with E-state index < -0.39 is 6.10 Å². The molecule has 3 heterocycles. The predicted molar refractivity (Wildman–Crippen MR) is 109 cm³/mol. The summed E-state index contributed by atoms with van der Waals surface area (Å²) >= 11 is 0. The first-order chi connectivity index (χ1) is 14.5. The van der Waals surface area contributed by atoms with Crippen molar-refractivity contribution in [2.24, 2.45) is 16.8 Å². The van der Waals surface area contributed by atoms with E-state index in [1.807, 2.05) is 4.90 Å². The minimum atomic E-state index is -0.790. The van der Waals surface area contributed by atoms with Crippen molar-refractivity contribution in [3.05, 3.63) is 54.0 Å². The molecule has 2 atom stereocenters. The first-order valence-electron chi connectivity index (χ1n) is 9.79. The summed E-state index contributed by atoms with van der Waals surface area (Å²) in [5.74, 6) is -0.462. The van der Waals surface area contributed by atoms with Gasteiger partial charge in [0.1, 0.15) is 11.6 Å². The number of oxime groups is 1. The molecule has 4 rings (SSSR count). The number of carbonyl (C=O) groups excluding carboxylic acids is 2. The van der Waals surface area contributed by atoms with Crippen molar-refractivity contribution < 1.29 is 18.8 Å². The Morgan fingerprint density at radius 2 is 2.13 bits per heavy atom. The molecular weight excluding hydrogens is 389 g/mol. The van der Waals surface area contributed by atoms with Gasteiger partial charge in [0, 0.05) is 25.1 Å². The third-order valence-electron chi connectivity index (χ3n) is 5.28. The summed E-state index contributed by atoms with van der Waals surface area (Å²) in [5, 5.41) is 6.67. The van der Waals surface area contributed by atoms with Gasteiger partial charge in [-0.05, 0) is 37.1 Å². The van der Waals surface area contributed by atoms with Crippen LogP contribution >= 0.6 is 0 Å². The van der Waals surface area contributed by atoms with Gasteiger partial charge in [-0.3, -0.25) is 9.59 Å². The van der Waals surface area contributed by atoms with Gasteiger partial charge in [-0.1, -0.05) is 17.3 Å². The number of rotatable bonds is 5. The van der Waals surface area contributed by atoms with Crippen LogP contribution in [0.15, 0.2) is 47.8 Å². The van der Waals surface area contributed by atoms with Gasteiger partial charge in [0.25, 0.3) is 5.91 Å². The number of carbonyl (C=O) groups is 2. The lowest BCUT2D eigenvalue weighted by atomic mass is 9.97. The largest absolute Gasteiger partial charge is 0.382 e. The lowest BCUT2D eigenvalue weighted by Crippen LogP contribution is -2.41. The molecule has 2 aliphatic heterocycles. The molecule has 8 nitrogen and oxygen atoms in total. The lowest BCUT2D eigenvalue weighted by molar-refractivity contribution is -0.125. The molecular formula is C21H22FN5O3. The van der Waals surface area contributed by atoms with Crippen molar-refractivity contribution in [1.29, 1.82) is 0 Å². The molecule has 2 aromatic rings. The molecule has 0 saturated carbocycles. The number of nitrogens with one attached hydrogen (secondary N) is 1. The van der Waals surface area contributed by atoms with Crippen LogP contribution in [0.5, 0.6) is 0 Å². The van der Waals surface area contributed by atoms with Crippen molar-refractivity contribution in [1.82, 2.24) is 4.98 Å². The molecule has 30 heavy (non-hydrogen) atoms. The van der Waals surface area contributed by atoms with Crippen molar-refractivity contribution >= 4 is 29.0 Å². The predicted octanol–water partition coefficient (Wildman–Crippen LogP) is 2.05. The molecule has 156 valence electrons. The van der Waals surface area contributed by atoms with Crippen LogP contribution in [0.25, 0.3) is 0 Å². The average molecular weight is 411 g/mol.